The van der Waals surface area contributed by atoms with Crippen LogP contribution in [-0.2, 0) is 6.61 Å². The molecule has 0 N–H and O–H groups in total. The van der Waals surface area contributed by atoms with Crippen molar-refractivity contribution in [1.82, 2.24) is 19.2 Å². The number of hydrogen-bond donors (Lipinski definition) is 0. The van der Waals surface area contributed by atoms with Crippen molar-refractivity contribution >= 4 is 33.2 Å². The Hall–Kier alpha value is -3.42. The predicted molar refractivity (Wildman–Crippen MR) is 142 cm³/mol. The second-order valence-electron chi connectivity index (χ2n) is 8.37. The van der Waals surface area contributed by atoms with Gasteiger partial charge in [-0.25, -0.2) is 9.67 Å². The Morgan fingerprint density at radius 3 is 2.57 bits per heavy atom. The van der Waals surface area contributed by atoms with Gasteiger partial charge in [-0.2, -0.15) is 5.10 Å². The largest absolute Gasteiger partial charge is 0.485 e. The molecule has 3 aromatic heterocycles. The van der Waals surface area contributed by atoms with Gasteiger partial charge in [0, 0.05) is 21.4 Å². The van der Waals surface area contributed by atoms with Crippen LogP contribution in [0.25, 0.3) is 22.6 Å². The molecule has 0 amide bonds. The van der Waals surface area contributed by atoms with E-state index in [0.717, 1.165) is 27.0 Å². The van der Waals surface area contributed by atoms with Crippen LogP contribution in [0.3, 0.4) is 0 Å². The summed E-state index contributed by atoms with van der Waals surface area (Å²) < 4.78 is 10.4. The molecule has 0 unspecified atom stereocenters. The van der Waals surface area contributed by atoms with E-state index < -0.39 is 0 Å². The molecule has 0 aliphatic rings. The molecule has 0 fully saturated rings. The Balaban J connectivity index is 1.56. The van der Waals surface area contributed by atoms with Gasteiger partial charge >= 0.3 is 0 Å². The Kier molecular flexibility index (Phi) is 6.21. The third-order valence-corrected chi connectivity index (χ3v) is 6.61. The molecular weight excluding hydrogens is 528 g/mol. The van der Waals surface area contributed by atoms with Gasteiger partial charge in [0.2, 0.25) is 0 Å². The van der Waals surface area contributed by atoms with Crippen molar-refractivity contribution in [2.45, 2.75) is 27.4 Å². The molecule has 0 spiro atoms. The van der Waals surface area contributed by atoms with E-state index in [-0.39, 0.29) is 5.56 Å². The number of ether oxygens (including phenoxy) is 1. The summed E-state index contributed by atoms with van der Waals surface area (Å²) in [5, 5.41) is 5.38. The van der Waals surface area contributed by atoms with Crippen molar-refractivity contribution in [3.05, 3.63) is 109 Å². The van der Waals surface area contributed by atoms with Crippen molar-refractivity contribution in [1.29, 1.82) is 0 Å². The van der Waals surface area contributed by atoms with E-state index in [9.17, 15) is 4.79 Å². The predicted octanol–water partition coefficient (Wildman–Crippen LogP) is 6.47. The summed E-state index contributed by atoms with van der Waals surface area (Å²) in [5.74, 6) is 0.540. The maximum absolute atomic E-state index is 13.6. The summed E-state index contributed by atoms with van der Waals surface area (Å²) in [5.41, 5.74) is 5.68. The minimum Gasteiger partial charge on any atom is -0.485 e. The first-order chi connectivity index (χ1) is 16.8. The molecule has 0 aliphatic carbocycles. The standard InChI is InChI=1S/C27H22BrClN4O2/c1-16-6-11-21(29)14-23(16)33-17(2)13-22(31-33)25-18(3)30-26-24(5-4-12-32(26)27(25)34)35-15-19-7-9-20(28)10-8-19/h4-14H,15H2,1-3H3. The van der Waals surface area contributed by atoms with E-state index in [4.69, 9.17) is 26.4 Å². The van der Waals surface area contributed by atoms with Crippen LogP contribution in [0.1, 0.15) is 22.5 Å². The zero-order valence-corrected chi connectivity index (χ0v) is 21.8. The number of fused-ring (bicyclic) bond motifs is 1. The fraction of sp³-hybridized carbons (Fsp3) is 0.148. The van der Waals surface area contributed by atoms with Gasteiger partial charge in [0.15, 0.2) is 11.4 Å². The van der Waals surface area contributed by atoms with Crippen LogP contribution in [-0.4, -0.2) is 19.2 Å². The van der Waals surface area contributed by atoms with Gasteiger partial charge in [0.1, 0.15) is 12.3 Å². The molecular formula is C27H22BrClN4O2. The first-order valence-corrected chi connectivity index (χ1v) is 12.2. The van der Waals surface area contributed by atoms with Crippen LogP contribution in [0.15, 0.2) is 76.1 Å². The summed E-state index contributed by atoms with van der Waals surface area (Å²) in [6.45, 7) is 6.14. The van der Waals surface area contributed by atoms with E-state index in [1.165, 1.54) is 4.40 Å². The second-order valence-corrected chi connectivity index (χ2v) is 9.72. The van der Waals surface area contributed by atoms with Crippen LogP contribution < -0.4 is 10.3 Å². The van der Waals surface area contributed by atoms with Gasteiger partial charge < -0.3 is 4.74 Å². The minimum atomic E-state index is -0.200. The average molecular weight is 550 g/mol. The number of rotatable bonds is 5. The molecule has 0 bridgehead atoms. The zero-order valence-electron chi connectivity index (χ0n) is 19.4. The average Bonchev–Trinajstić information content (AvgIpc) is 3.21. The highest BCUT2D eigenvalue weighted by Crippen LogP contribution is 2.26. The van der Waals surface area contributed by atoms with Crippen molar-refractivity contribution in [2.24, 2.45) is 0 Å². The highest BCUT2D eigenvalue weighted by molar-refractivity contribution is 9.10. The quantitative estimate of drug-likeness (QED) is 0.252. The molecule has 176 valence electrons. The topological polar surface area (TPSA) is 61.4 Å². The lowest BCUT2D eigenvalue weighted by Crippen LogP contribution is -2.19. The van der Waals surface area contributed by atoms with Crippen LogP contribution in [0, 0.1) is 20.8 Å². The van der Waals surface area contributed by atoms with Crippen LogP contribution in [0.5, 0.6) is 5.75 Å². The summed E-state index contributed by atoms with van der Waals surface area (Å²) in [6, 6.07) is 19.1. The van der Waals surface area contributed by atoms with Crippen LogP contribution >= 0.6 is 27.5 Å². The molecule has 0 saturated heterocycles. The molecule has 2 aromatic carbocycles. The van der Waals surface area contributed by atoms with Gasteiger partial charge in [0.05, 0.1) is 16.9 Å². The summed E-state index contributed by atoms with van der Waals surface area (Å²) in [6.07, 6.45) is 1.70. The van der Waals surface area contributed by atoms with Crippen LogP contribution in [0.4, 0.5) is 0 Å². The molecule has 35 heavy (non-hydrogen) atoms. The number of halogens is 2. The third kappa shape index (κ3) is 4.49. The molecule has 0 radical (unpaired) electrons. The lowest BCUT2D eigenvalue weighted by atomic mass is 10.1. The fourth-order valence-electron chi connectivity index (χ4n) is 4.04. The molecule has 0 aliphatic heterocycles. The van der Waals surface area contributed by atoms with E-state index >= 15 is 0 Å². The van der Waals surface area contributed by atoms with Crippen molar-refractivity contribution in [3.8, 4) is 22.7 Å². The Labute approximate surface area is 215 Å². The van der Waals surface area contributed by atoms with Gasteiger partial charge in [-0.1, -0.05) is 45.7 Å². The van der Waals surface area contributed by atoms with Crippen LogP contribution in [0.2, 0.25) is 5.02 Å². The zero-order chi connectivity index (χ0) is 24.7. The minimum absolute atomic E-state index is 0.200. The first kappa shape index (κ1) is 23.3. The normalized spacial score (nSPS) is 11.2. The maximum atomic E-state index is 13.6. The number of nitrogens with zero attached hydrogens (tertiary/aromatic N) is 4. The Bertz CT molecular complexity index is 1620. The first-order valence-electron chi connectivity index (χ1n) is 11.0. The highest BCUT2D eigenvalue weighted by atomic mass is 79.9. The second kappa shape index (κ2) is 9.32. The lowest BCUT2D eigenvalue weighted by Gasteiger charge is -2.12. The summed E-state index contributed by atoms with van der Waals surface area (Å²) in [7, 11) is 0. The molecule has 3 heterocycles. The molecule has 0 saturated carbocycles. The smallest absolute Gasteiger partial charge is 0.267 e. The van der Waals surface area contributed by atoms with Crippen molar-refractivity contribution in [3.63, 3.8) is 0 Å². The van der Waals surface area contributed by atoms with Crippen molar-refractivity contribution in [2.75, 3.05) is 0 Å². The number of aromatic nitrogens is 4. The van der Waals surface area contributed by atoms with E-state index in [2.05, 4.69) is 15.9 Å². The molecule has 5 rings (SSSR count). The fourth-order valence-corrected chi connectivity index (χ4v) is 4.47. The van der Waals surface area contributed by atoms with E-state index in [0.29, 0.717) is 40.0 Å². The summed E-state index contributed by atoms with van der Waals surface area (Å²) in [4.78, 5) is 18.3. The molecule has 6 nitrogen and oxygen atoms in total. The Morgan fingerprint density at radius 1 is 1.03 bits per heavy atom. The number of aryl methyl sites for hydroxylation is 3. The number of pyridine rings is 1. The lowest BCUT2D eigenvalue weighted by molar-refractivity contribution is 0.308. The SMILES string of the molecule is Cc1ccc(Cl)cc1-n1nc(-c2c(C)nc3c(OCc4ccc(Br)cc4)cccn3c2=O)cc1C. The molecule has 8 heteroatoms. The molecule has 0 atom stereocenters. The van der Waals surface area contributed by atoms with Crippen molar-refractivity contribution < 1.29 is 4.74 Å². The third-order valence-electron chi connectivity index (χ3n) is 5.85. The molecule has 5 aromatic rings. The van der Waals surface area contributed by atoms with Gasteiger partial charge in [0.25, 0.3) is 5.56 Å². The van der Waals surface area contributed by atoms with E-state index in [1.807, 2.05) is 80.1 Å². The van der Waals surface area contributed by atoms with E-state index in [1.54, 1.807) is 12.3 Å². The van der Waals surface area contributed by atoms with Gasteiger partial charge in [-0.15, -0.1) is 0 Å². The Morgan fingerprint density at radius 2 is 1.80 bits per heavy atom. The monoisotopic (exact) mass is 548 g/mol. The number of hydrogen-bond acceptors (Lipinski definition) is 4. The summed E-state index contributed by atoms with van der Waals surface area (Å²) >= 11 is 9.67. The maximum Gasteiger partial charge on any atom is 0.267 e. The number of benzene rings is 2. The highest BCUT2D eigenvalue weighted by Gasteiger charge is 2.19. The van der Waals surface area contributed by atoms with Gasteiger partial charge in [-0.05, 0) is 74.4 Å². The van der Waals surface area contributed by atoms with Gasteiger partial charge in [-0.3, -0.25) is 9.20 Å².